The van der Waals surface area contributed by atoms with Gasteiger partial charge < -0.3 is 18.6 Å². The van der Waals surface area contributed by atoms with E-state index in [1.54, 1.807) is 47.1 Å². The maximum Gasteiger partial charge on any atom is 0.293 e. The molecule has 0 atom stereocenters. The molecule has 11 heteroatoms. The number of hydrogen-bond donors (Lipinski definition) is 1. The molecule has 3 heterocycles. The molecule has 1 aliphatic heterocycles. The predicted octanol–water partition coefficient (Wildman–Crippen LogP) is 4.79. The lowest BCUT2D eigenvalue weighted by Gasteiger charge is -2.05. The van der Waals surface area contributed by atoms with Gasteiger partial charge in [-0.25, -0.2) is 9.67 Å². The largest absolute Gasteiger partial charge is 0.486 e. The van der Waals surface area contributed by atoms with Crippen LogP contribution < -0.4 is 19.5 Å². The fraction of sp³-hybridized carbons (Fsp3) is 0.136. The third kappa shape index (κ3) is 4.89. The lowest BCUT2D eigenvalue weighted by molar-refractivity contribution is 0.0991. The van der Waals surface area contributed by atoms with E-state index in [4.69, 9.17) is 41.8 Å². The van der Waals surface area contributed by atoms with E-state index < -0.39 is 5.91 Å². The van der Waals surface area contributed by atoms with Crippen molar-refractivity contribution in [2.24, 2.45) is 0 Å². The van der Waals surface area contributed by atoms with Crippen molar-refractivity contribution in [2.75, 3.05) is 12.1 Å². The fourth-order valence-corrected chi connectivity index (χ4v) is 3.44. The molecular formula is C22H16Cl2N4O5. The van der Waals surface area contributed by atoms with Gasteiger partial charge in [0.25, 0.3) is 5.91 Å². The van der Waals surface area contributed by atoms with Crippen LogP contribution in [0.5, 0.6) is 17.2 Å². The Hall–Kier alpha value is -3.69. The number of rotatable bonds is 7. The highest BCUT2D eigenvalue weighted by molar-refractivity contribution is 6.42. The summed E-state index contributed by atoms with van der Waals surface area (Å²) >= 11 is 12.0. The second kappa shape index (κ2) is 9.05. The first-order chi connectivity index (χ1) is 16.0. The summed E-state index contributed by atoms with van der Waals surface area (Å²) in [5.41, 5.74) is 0.894. The van der Waals surface area contributed by atoms with Crippen LogP contribution in [0, 0.1) is 0 Å². The van der Waals surface area contributed by atoms with Crippen molar-refractivity contribution >= 4 is 35.1 Å². The smallest absolute Gasteiger partial charge is 0.293 e. The van der Waals surface area contributed by atoms with Gasteiger partial charge in [-0.05, 0) is 42.0 Å². The molecule has 2 aromatic heterocycles. The van der Waals surface area contributed by atoms with Gasteiger partial charge in [-0.15, -0.1) is 5.10 Å². The van der Waals surface area contributed by atoms with Gasteiger partial charge in [-0.3, -0.25) is 10.1 Å². The Morgan fingerprint density at radius 1 is 1.06 bits per heavy atom. The normalized spacial score (nSPS) is 12.1. The third-order valence-corrected chi connectivity index (χ3v) is 5.44. The van der Waals surface area contributed by atoms with Crippen molar-refractivity contribution in [1.82, 2.24) is 14.8 Å². The Morgan fingerprint density at radius 2 is 1.94 bits per heavy atom. The summed E-state index contributed by atoms with van der Waals surface area (Å²) in [5.74, 6) is 2.16. The van der Waals surface area contributed by atoms with Crippen molar-refractivity contribution in [2.45, 2.75) is 13.2 Å². The SMILES string of the molecule is O=C(Nc1ncn(Cc2ccc(Cl)c(Cl)c2)n1)c1ccc(COc2ccc3c(c2)OCO3)o1. The Bertz CT molecular complexity index is 1320. The molecule has 1 N–H and O–H groups in total. The van der Waals surface area contributed by atoms with Crippen molar-refractivity contribution in [3.8, 4) is 17.2 Å². The van der Waals surface area contributed by atoms with Crippen LogP contribution in [0.3, 0.4) is 0 Å². The van der Waals surface area contributed by atoms with Gasteiger partial charge >= 0.3 is 0 Å². The van der Waals surface area contributed by atoms with E-state index in [9.17, 15) is 4.79 Å². The molecule has 5 rings (SSSR count). The Kier molecular flexibility index (Phi) is 5.80. The van der Waals surface area contributed by atoms with Crippen molar-refractivity contribution in [3.63, 3.8) is 0 Å². The number of benzene rings is 2. The van der Waals surface area contributed by atoms with Crippen LogP contribution in [0.15, 0.2) is 59.3 Å². The van der Waals surface area contributed by atoms with Gasteiger partial charge in [0.2, 0.25) is 12.7 Å². The molecule has 2 aromatic carbocycles. The van der Waals surface area contributed by atoms with Crippen LogP contribution >= 0.6 is 23.2 Å². The lowest BCUT2D eigenvalue weighted by Crippen LogP contribution is -2.12. The average Bonchev–Trinajstić information content (AvgIpc) is 3.55. The van der Waals surface area contributed by atoms with Gasteiger partial charge in [-0.1, -0.05) is 29.3 Å². The minimum absolute atomic E-state index is 0.111. The highest BCUT2D eigenvalue weighted by Crippen LogP contribution is 2.35. The van der Waals surface area contributed by atoms with E-state index in [1.165, 1.54) is 6.33 Å². The van der Waals surface area contributed by atoms with Gasteiger partial charge in [-0.2, -0.15) is 0 Å². The average molecular weight is 487 g/mol. The Morgan fingerprint density at radius 3 is 2.82 bits per heavy atom. The molecule has 0 saturated heterocycles. The number of aromatic nitrogens is 3. The summed E-state index contributed by atoms with van der Waals surface area (Å²) in [7, 11) is 0. The van der Waals surface area contributed by atoms with E-state index in [-0.39, 0.29) is 25.1 Å². The molecule has 0 saturated carbocycles. The standard InChI is InChI=1S/C22H16Cl2N4O5/c23-16-4-1-13(7-17(16)24)9-28-11-25-22(27-28)26-21(29)19-6-3-15(33-19)10-30-14-2-5-18-20(8-14)32-12-31-18/h1-8,11H,9-10,12H2,(H,26,27,29). The molecule has 0 aliphatic carbocycles. The molecule has 1 aliphatic rings. The zero-order chi connectivity index (χ0) is 22.8. The van der Waals surface area contributed by atoms with Crippen LogP contribution in [-0.2, 0) is 13.2 Å². The minimum Gasteiger partial charge on any atom is -0.486 e. The lowest BCUT2D eigenvalue weighted by atomic mass is 10.2. The number of halogens is 2. The van der Waals surface area contributed by atoms with Crippen LogP contribution in [0.4, 0.5) is 5.95 Å². The van der Waals surface area contributed by atoms with E-state index >= 15 is 0 Å². The monoisotopic (exact) mass is 486 g/mol. The zero-order valence-corrected chi connectivity index (χ0v) is 18.5. The molecule has 0 bridgehead atoms. The second-order valence-corrected chi connectivity index (χ2v) is 7.85. The summed E-state index contributed by atoms with van der Waals surface area (Å²) in [6, 6.07) is 13.8. The maximum atomic E-state index is 12.5. The van der Waals surface area contributed by atoms with Gasteiger partial charge in [0, 0.05) is 6.07 Å². The first-order valence-electron chi connectivity index (χ1n) is 9.79. The van der Waals surface area contributed by atoms with Crippen LogP contribution in [0.2, 0.25) is 10.0 Å². The molecule has 0 fully saturated rings. The number of ether oxygens (including phenoxy) is 3. The topological polar surface area (TPSA) is 101 Å². The zero-order valence-electron chi connectivity index (χ0n) is 17.0. The highest BCUT2D eigenvalue weighted by Gasteiger charge is 2.16. The van der Waals surface area contributed by atoms with Crippen molar-refractivity contribution in [1.29, 1.82) is 0 Å². The molecule has 0 radical (unpaired) electrons. The fourth-order valence-electron chi connectivity index (χ4n) is 3.11. The number of furan rings is 1. The van der Waals surface area contributed by atoms with Crippen molar-refractivity contribution in [3.05, 3.63) is 82.0 Å². The molecular weight excluding hydrogens is 471 g/mol. The maximum absolute atomic E-state index is 12.5. The number of hydrogen-bond acceptors (Lipinski definition) is 7. The van der Waals surface area contributed by atoms with Crippen molar-refractivity contribution < 1.29 is 23.4 Å². The van der Waals surface area contributed by atoms with Gasteiger partial charge in [0.05, 0.1) is 16.6 Å². The quantitative estimate of drug-likeness (QED) is 0.400. The number of nitrogens with one attached hydrogen (secondary N) is 1. The van der Waals surface area contributed by atoms with Gasteiger partial charge in [0.15, 0.2) is 17.3 Å². The Balaban J connectivity index is 1.17. The number of carbonyl (C=O) groups excluding carboxylic acids is 1. The second-order valence-electron chi connectivity index (χ2n) is 7.04. The molecule has 9 nitrogen and oxygen atoms in total. The summed E-state index contributed by atoms with van der Waals surface area (Å²) in [5, 5.41) is 7.78. The van der Waals surface area contributed by atoms with Gasteiger partial charge in [0.1, 0.15) is 24.4 Å². The molecule has 1 amide bonds. The minimum atomic E-state index is -0.475. The molecule has 0 spiro atoms. The summed E-state index contributed by atoms with van der Waals surface area (Å²) in [6.45, 7) is 0.753. The first kappa shape index (κ1) is 21.2. The molecule has 4 aromatic rings. The predicted molar refractivity (Wildman–Crippen MR) is 119 cm³/mol. The van der Waals surface area contributed by atoms with E-state index in [2.05, 4.69) is 15.4 Å². The van der Waals surface area contributed by atoms with Crippen LogP contribution in [0.1, 0.15) is 21.9 Å². The molecule has 0 unspecified atom stereocenters. The van der Waals surface area contributed by atoms with E-state index in [0.717, 1.165) is 5.56 Å². The first-order valence-corrected chi connectivity index (χ1v) is 10.5. The highest BCUT2D eigenvalue weighted by atomic mass is 35.5. The van der Waals surface area contributed by atoms with E-state index in [1.807, 2.05) is 6.07 Å². The Labute approximate surface area is 197 Å². The van der Waals surface area contributed by atoms with Crippen LogP contribution in [0.25, 0.3) is 0 Å². The number of carbonyl (C=O) groups is 1. The van der Waals surface area contributed by atoms with E-state index in [0.29, 0.717) is 39.6 Å². The molecule has 33 heavy (non-hydrogen) atoms. The summed E-state index contributed by atoms with van der Waals surface area (Å²) in [6.07, 6.45) is 1.50. The number of amides is 1. The third-order valence-electron chi connectivity index (χ3n) is 4.70. The summed E-state index contributed by atoms with van der Waals surface area (Å²) in [4.78, 5) is 16.6. The molecule has 168 valence electrons. The number of fused-ring (bicyclic) bond motifs is 1. The summed E-state index contributed by atoms with van der Waals surface area (Å²) < 4.78 is 23.4. The number of anilines is 1. The van der Waals surface area contributed by atoms with Crippen LogP contribution in [-0.4, -0.2) is 27.5 Å². The number of nitrogens with zero attached hydrogens (tertiary/aromatic N) is 3.